The van der Waals surface area contributed by atoms with Crippen LogP contribution in [0, 0.1) is 13.8 Å². The highest BCUT2D eigenvalue weighted by Gasteiger charge is 2.26. The van der Waals surface area contributed by atoms with Crippen LogP contribution in [0.5, 0.6) is 5.75 Å². The summed E-state index contributed by atoms with van der Waals surface area (Å²) in [4.78, 5) is 14.2. The lowest BCUT2D eigenvalue weighted by molar-refractivity contribution is 0.0526. The summed E-state index contributed by atoms with van der Waals surface area (Å²) in [5.74, 6) is 0.541. The quantitative estimate of drug-likeness (QED) is 0.278. The molecule has 2 N–H and O–H groups in total. The van der Waals surface area contributed by atoms with Gasteiger partial charge >= 0.3 is 5.97 Å². The highest BCUT2D eigenvalue weighted by Crippen LogP contribution is 2.38. The van der Waals surface area contributed by atoms with E-state index in [1.165, 1.54) is 17.7 Å². The Morgan fingerprint density at radius 1 is 1.17 bits per heavy atom. The molecule has 9 heteroatoms. The van der Waals surface area contributed by atoms with E-state index in [1.807, 2.05) is 43.7 Å². The number of carbonyl (C=O) groups excluding carboxylic acids is 1. The predicted molar refractivity (Wildman–Crippen MR) is 150 cm³/mol. The lowest BCUT2D eigenvalue weighted by Gasteiger charge is -2.13. The normalized spacial score (nSPS) is 13.3. The predicted octanol–water partition coefficient (Wildman–Crippen LogP) is 6.26. The standard InChI is InChI=1S/C27H34N4O3S2/c1-5-34-26(32)23-21-13-8-6-7-9-14-22(21)36-25(23)29-27(35)28-24-17(2)30-31(18(24)3)16-19-11-10-12-20(15-19)33-4/h10-12,15H,5-9,13-14,16H2,1-4H3,(H2,28,29,35). The summed E-state index contributed by atoms with van der Waals surface area (Å²) in [6, 6.07) is 7.97. The number of benzene rings is 1. The molecule has 0 radical (unpaired) electrons. The van der Waals surface area contributed by atoms with Gasteiger partial charge in [0.25, 0.3) is 0 Å². The first-order valence-corrected chi connectivity index (χ1v) is 13.7. The first-order chi connectivity index (χ1) is 17.4. The third-order valence-electron chi connectivity index (χ3n) is 6.46. The zero-order valence-electron chi connectivity index (χ0n) is 21.4. The van der Waals surface area contributed by atoms with Gasteiger partial charge in [0.15, 0.2) is 5.11 Å². The third-order valence-corrected chi connectivity index (χ3v) is 7.88. The number of carbonyl (C=O) groups is 1. The molecule has 0 fully saturated rings. The van der Waals surface area contributed by atoms with Gasteiger partial charge in [-0.1, -0.05) is 25.0 Å². The highest BCUT2D eigenvalue weighted by atomic mass is 32.1. The van der Waals surface area contributed by atoms with Gasteiger partial charge in [0.1, 0.15) is 10.8 Å². The van der Waals surface area contributed by atoms with Gasteiger partial charge in [-0.15, -0.1) is 11.3 Å². The summed E-state index contributed by atoms with van der Waals surface area (Å²) < 4.78 is 12.7. The van der Waals surface area contributed by atoms with Crippen LogP contribution in [0.1, 0.15) is 70.4 Å². The molecule has 192 valence electrons. The minimum absolute atomic E-state index is 0.278. The molecule has 0 saturated heterocycles. The molecule has 0 saturated carbocycles. The van der Waals surface area contributed by atoms with E-state index in [9.17, 15) is 4.79 Å². The zero-order chi connectivity index (χ0) is 25.7. The van der Waals surface area contributed by atoms with E-state index in [-0.39, 0.29) is 5.97 Å². The third kappa shape index (κ3) is 5.90. The second kappa shape index (κ2) is 11.9. The molecular formula is C27H34N4O3S2. The molecule has 0 aliphatic heterocycles. The number of aryl methyl sites for hydroxylation is 2. The Balaban J connectivity index is 1.54. The van der Waals surface area contributed by atoms with Crippen LogP contribution in [0.25, 0.3) is 0 Å². The number of thiocarbonyl (C=S) groups is 1. The number of hydrogen-bond acceptors (Lipinski definition) is 6. The van der Waals surface area contributed by atoms with Crippen LogP contribution in [0.4, 0.5) is 10.7 Å². The number of nitrogens with one attached hydrogen (secondary N) is 2. The van der Waals surface area contributed by atoms with Crippen molar-refractivity contribution in [3.8, 4) is 5.75 Å². The van der Waals surface area contributed by atoms with E-state index in [2.05, 4.69) is 16.7 Å². The number of fused-ring (bicyclic) bond motifs is 1. The Bertz CT molecular complexity index is 1250. The maximum Gasteiger partial charge on any atom is 0.341 e. The van der Waals surface area contributed by atoms with Crippen molar-refractivity contribution in [1.29, 1.82) is 0 Å². The van der Waals surface area contributed by atoms with E-state index in [0.29, 0.717) is 23.8 Å². The van der Waals surface area contributed by atoms with Crippen LogP contribution >= 0.6 is 23.6 Å². The van der Waals surface area contributed by atoms with Crippen LogP contribution in [0.15, 0.2) is 24.3 Å². The fourth-order valence-corrected chi connectivity index (χ4v) is 6.20. The van der Waals surface area contributed by atoms with Crippen molar-refractivity contribution in [1.82, 2.24) is 9.78 Å². The SMILES string of the molecule is CCOC(=O)c1c(NC(=S)Nc2c(C)nn(Cc3cccc(OC)c3)c2C)sc2c1CCCCCC2. The molecule has 36 heavy (non-hydrogen) atoms. The van der Waals surface area contributed by atoms with Gasteiger partial charge in [0, 0.05) is 4.88 Å². The average Bonchev–Trinajstić information content (AvgIpc) is 3.30. The molecule has 4 rings (SSSR count). The molecule has 0 bridgehead atoms. The number of ether oxygens (including phenoxy) is 2. The number of aromatic nitrogens is 2. The smallest absolute Gasteiger partial charge is 0.341 e. The van der Waals surface area contributed by atoms with Crippen LogP contribution in [0.2, 0.25) is 0 Å². The Kier molecular flexibility index (Phi) is 8.64. The first kappa shape index (κ1) is 26.2. The number of esters is 1. The number of rotatable bonds is 7. The van der Waals surface area contributed by atoms with Crippen molar-refractivity contribution in [2.24, 2.45) is 0 Å². The van der Waals surface area contributed by atoms with E-state index in [4.69, 9.17) is 26.8 Å². The van der Waals surface area contributed by atoms with Gasteiger partial charge in [0.05, 0.1) is 42.9 Å². The van der Waals surface area contributed by atoms with Crippen molar-refractivity contribution in [2.45, 2.75) is 65.8 Å². The summed E-state index contributed by atoms with van der Waals surface area (Å²) in [6.07, 6.45) is 6.54. The van der Waals surface area contributed by atoms with Crippen LogP contribution in [-0.4, -0.2) is 34.6 Å². The maximum atomic E-state index is 12.9. The summed E-state index contributed by atoms with van der Waals surface area (Å²) in [7, 11) is 1.67. The Morgan fingerprint density at radius 3 is 2.69 bits per heavy atom. The molecule has 1 aromatic carbocycles. The van der Waals surface area contributed by atoms with E-state index < -0.39 is 0 Å². The van der Waals surface area contributed by atoms with Gasteiger partial charge in [0.2, 0.25) is 0 Å². The topological polar surface area (TPSA) is 77.4 Å². The number of hydrogen-bond donors (Lipinski definition) is 2. The van der Waals surface area contributed by atoms with Gasteiger partial charge < -0.3 is 20.1 Å². The molecule has 1 aliphatic carbocycles. The molecule has 7 nitrogen and oxygen atoms in total. The summed E-state index contributed by atoms with van der Waals surface area (Å²) in [5.41, 5.74) is 5.56. The lowest BCUT2D eigenvalue weighted by atomic mass is 9.96. The van der Waals surface area contributed by atoms with Gasteiger partial charge in [-0.25, -0.2) is 4.79 Å². The Morgan fingerprint density at radius 2 is 1.94 bits per heavy atom. The van der Waals surface area contributed by atoms with Crippen LogP contribution in [0.3, 0.4) is 0 Å². The fourth-order valence-electron chi connectivity index (χ4n) is 4.65. The van der Waals surface area contributed by atoms with Crippen molar-refractivity contribution in [3.63, 3.8) is 0 Å². The van der Waals surface area contributed by atoms with Crippen LogP contribution in [-0.2, 0) is 24.1 Å². The van der Waals surface area contributed by atoms with Crippen molar-refractivity contribution in [3.05, 3.63) is 57.2 Å². The fraction of sp³-hybridized carbons (Fsp3) is 0.444. The average molecular weight is 527 g/mol. The molecule has 2 aromatic heterocycles. The molecule has 0 amide bonds. The number of thiophene rings is 1. The summed E-state index contributed by atoms with van der Waals surface area (Å²) >= 11 is 7.32. The number of nitrogens with zero attached hydrogens (tertiary/aromatic N) is 2. The largest absolute Gasteiger partial charge is 0.497 e. The van der Waals surface area contributed by atoms with Crippen LogP contribution < -0.4 is 15.4 Å². The summed E-state index contributed by atoms with van der Waals surface area (Å²) in [6.45, 7) is 6.78. The van der Waals surface area contributed by atoms with Crippen molar-refractivity contribution < 1.29 is 14.3 Å². The second-order valence-electron chi connectivity index (χ2n) is 8.98. The molecule has 3 aromatic rings. The second-order valence-corrected chi connectivity index (χ2v) is 10.5. The lowest BCUT2D eigenvalue weighted by Crippen LogP contribution is -2.21. The summed E-state index contributed by atoms with van der Waals surface area (Å²) in [5, 5.41) is 12.5. The molecule has 0 atom stereocenters. The maximum absolute atomic E-state index is 12.9. The molecule has 0 spiro atoms. The highest BCUT2D eigenvalue weighted by molar-refractivity contribution is 7.80. The van der Waals surface area contributed by atoms with Crippen molar-refractivity contribution >= 4 is 45.3 Å². The minimum Gasteiger partial charge on any atom is -0.497 e. The minimum atomic E-state index is -0.278. The molecule has 1 aliphatic rings. The Hall–Kier alpha value is -2.91. The Labute approximate surface area is 222 Å². The molecule has 0 unspecified atom stereocenters. The molecule has 2 heterocycles. The van der Waals surface area contributed by atoms with Gasteiger partial charge in [-0.3, -0.25) is 4.68 Å². The van der Waals surface area contributed by atoms with Gasteiger partial charge in [-0.05, 0) is 81.9 Å². The first-order valence-electron chi connectivity index (χ1n) is 12.5. The van der Waals surface area contributed by atoms with E-state index in [1.54, 1.807) is 18.4 Å². The van der Waals surface area contributed by atoms with Crippen molar-refractivity contribution in [2.75, 3.05) is 24.4 Å². The van der Waals surface area contributed by atoms with E-state index >= 15 is 0 Å². The zero-order valence-corrected chi connectivity index (χ0v) is 23.0. The molecular weight excluding hydrogens is 492 g/mol. The number of methoxy groups -OCH3 is 1. The monoisotopic (exact) mass is 526 g/mol. The van der Waals surface area contributed by atoms with Gasteiger partial charge in [-0.2, -0.15) is 5.10 Å². The van der Waals surface area contributed by atoms with E-state index in [0.717, 1.165) is 64.6 Å². The number of anilines is 2.